The van der Waals surface area contributed by atoms with Crippen molar-refractivity contribution in [1.82, 2.24) is 9.62 Å². The van der Waals surface area contributed by atoms with Gasteiger partial charge in [0.2, 0.25) is 5.91 Å². The predicted octanol–water partition coefficient (Wildman–Crippen LogP) is 3.45. The van der Waals surface area contributed by atoms with Crippen LogP contribution in [-0.4, -0.2) is 37.2 Å². The molecule has 1 aliphatic rings. The van der Waals surface area contributed by atoms with Crippen LogP contribution >= 0.6 is 11.3 Å². The first-order valence-corrected chi connectivity index (χ1v) is 12.2. The van der Waals surface area contributed by atoms with Crippen LogP contribution < -0.4 is 4.72 Å². The molecule has 0 radical (unpaired) electrons. The summed E-state index contributed by atoms with van der Waals surface area (Å²) >= 11 is 1.03. The number of carbonyl (C=O) groups excluding carboxylic acids is 2. The van der Waals surface area contributed by atoms with E-state index in [-0.39, 0.29) is 16.5 Å². The highest BCUT2D eigenvalue weighted by Gasteiger charge is 2.50. The van der Waals surface area contributed by atoms with Gasteiger partial charge in [0.15, 0.2) is 0 Å². The van der Waals surface area contributed by atoms with Gasteiger partial charge >= 0.3 is 0 Å². The van der Waals surface area contributed by atoms with E-state index in [4.69, 9.17) is 0 Å². The first-order valence-electron chi connectivity index (χ1n) is 9.85. The van der Waals surface area contributed by atoms with Crippen LogP contribution in [0.2, 0.25) is 0 Å². The standard InChI is InChI=1S/C23H22N2O4S2/c1-23(22(27)24-31(28,29)21-8-5-15-30-21)13-14-25(23)20(26)16-17-9-11-19(12-10-17)18-6-3-2-4-7-18/h2-12,15H,13-14,16H2,1H3,(H,24,27). The Hall–Kier alpha value is -2.97. The molecule has 0 aliphatic carbocycles. The van der Waals surface area contributed by atoms with E-state index >= 15 is 0 Å². The summed E-state index contributed by atoms with van der Waals surface area (Å²) in [5.74, 6) is -0.884. The van der Waals surface area contributed by atoms with Gasteiger partial charge in [-0.1, -0.05) is 60.7 Å². The Kier molecular flexibility index (Phi) is 5.68. The minimum Gasteiger partial charge on any atom is -0.328 e. The lowest BCUT2D eigenvalue weighted by Gasteiger charge is -2.48. The van der Waals surface area contributed by atoms with Gasteiger partial charge in [0.25, 0.3) is 15.9 Å². The van der Waals surface area contributed by atoms with Crippen LogP contribution in [0.4, 0.5) is 0 Å². The molecule has 2 aromatic carbocycles. The lowest BCUT2D eigenvalue weighted by molar-refractivity contribution is -0.156. The number of thiophene rings is 1. The van der Waals surface area contributed by atoms with E-state index in [2.05, 4.69) is 4.72 Å². The van der Waals surface area contributed by atoms with Crippen LogP contribution in [0.1, 0.15) is 18.9 Å². The fourth-order valence-corrected chi connectivity index (χ4v) is 5.68. The van der Waals surface area contributed by atoms with E-state index in [1.54, 1.807) is 18.4 Å². The molecule has 1 fully saturated rings. The average Bonchev–Trinajstić information content (AvgIpc) is 3.29. The second-order valence-electron chi connectivity index (χ2n) is 7.68. The number of benzene rings is 2. The second kappa shape index (κ2) is 8.28. The van der Waals surface area contributed by atoms with E-state index in [0.29, 0.717) is 13.0 Å². The topological polar surface area (TPSA) is 83.6 Å². The third-order valence-corrected chi connectivity index (χ3v) is 8.34. The van der Waals surface area contributed by atoms with Crippen LogP contribution in [-0.2, 0) is 26.0 Å². The Balaban J connectivity index is 1.42. The zero-order chi connectivity index (χ0) is 22.1. The van der Waals surface area contributed by atoms with Gasteiger partial charge in [-0.3, -0.25) is 9.59 Å². The highest BCUT2D eigenvalue weighted by molar-refractivity contribution is 7.92. The molecule has 0 saturated carbocycles. The van der Waals surface area contributed by atoms with Crippen LogP contribution in [0.3, 0.4) is 0 Å². The van der Waals surface area contributed by atoms with E-state index < -0.39 is 21.5 Å². The number of rotatable bonds is 6. The number of likely N-dealkylation sites (tertiary alicyclic amines) is 1. The summed E-state index contributed by atoms with van der Waals surface area (Å²) in [7, 11) is -3.93. The number of sulfonamides is 1. The van der Waals surface area contributed by atoms with Gasteiger partial charge in [-0.2, -0.15) is 0 Å². The lowest BCUT2D eigenvalue weighted by atomic mass is 9.85. The quantitative estimate of drug-likeness (QED) is 0.618. The highest BCUT2D eigenvalue weighted by Crippen LogP contribution is 2.32. The van der Waals surface area contributed by atoms with Crippen molar-refractivity contribution in [3.05, 3.63) is 77.7 Å². The maximum atomic E-state index is 12.9. The molecule has 1 aliphatic heterocycles. The zero-order valence-corrected chi connectivity index (χ0v) is 18.6. The molecular weight excluding hydrogens is 432 g/mol. The molecular formula is C23H22N2O4S2. The average molecular weight is 455 g/mol. The van der Waals surface area contributed by atoms with E-state index in [1.807, 2.05) is 54.6 Å². The summed E-state index contributed by atoms with van der Waals surface area (Å²) in [5.41, 5.74) is 1.82. The third-order valence-electron chi connectivity index (χ3n) is 5.61. The Morgan fingerprint density at radius 2 is 1.68 bits per heavy atom. The van der Waals surface area contributed by atoms with Gasteiger partial charge in [-0.05, 0) is 41.5 Å². The largest absolute Gasteiger partial charge is 0.328 e. The Labute approximate surface area is 185 Å². The molecule has 2 heterocycles. The molecule has 1 saturated heterocycles. The molecule has 1 N–H and O–H groups in total. The first kappa shape index (κ1) is 21.3. The molecule has 3 aromatic rings. The lowest BCUT2D eigenvalue weighted by Crippen LogP contribution is -2.68. The molecule has 1 aromatic heterocycles. The normalized spacial score (nSPS) is 18.3. The molecule has 6 nitrogen and oxygen atoms in total. The fourth-order valence-electron chi connectivity index (χ4n) is 3.61. The Morgan fingerprint density at radius 3 is 2.26 bits per heavy atom. The monoisotopic (exact) mass is 454 g/mol. The van der Waals surface area contributed by atoms with Crippen molar-refractivity contribution < 1.29 is 18.0 Å². The summed E-state index contributed by atoms with van der Waals surface area (Å²) in [6.07, 6.45) is 0.563. The smallest absolute Gasteiger partial charge is 0.273 e. The van der Waals surface area contributed by atoms with Crippen molar-refractivity contribution in [1.29, 1.82) is 0 Å². The summed E-state index contributed by atoms with van der Waals surface area (Å²) in [4.78, 5) is 27.1. The second-order valence-corrected chi connectivity index (χ2v) is 10.5. The summed E-state index contributed by atoms with van der Waals surface area (Å²) in [6, 6.07) is 20.7. The van der Waals surface area contributed by atoms with Crippen molar-refractivity contribution in [2.45, 2.75) is 29.5 Å². The van der Waals surface area contributed by atoms with Crippen LogP contribution in [0.15, 0.2) is 76.3 Å². The molecule has 0 spiro atoms. The van der Waals surface area contributed by atoms with Gasteiger partial charge < -0.3 is 4.90 Å². The van der Waals surface area contributed by atoms with Crippen molar-refractivity contribution in [2.24, 2.45) is 0 Å². The van der Waals surface area contributed by atoms with Crippen LogP contribution in [0, 0.1) is 0 Å². The van der Waals surface area contributed by atoms with Gasteiger partial charge in [0.05, 0.1) is 6.42 Å². The molecule has 1 unspecified atom stereocenters. The Morgan fingerprint density at radius 1 is 1.00 bits per heavy atom. The molecule has 4 rings (SSSR count). The van der Waals surface area contributed by atoms with Gasteiger partial charge in [-0.25, -0.2) is 13.1 Å². The molecule has 8 heteroatoms. The number of nitrogens with zero attached hydrogens (tertiary/aromatic N) is 1. The number of carbonyl (C=O) groups is 2. The highest BCUT2D eigenvalue weighted by atomic mass is 32.2. The first-order chi connectivity index (χ1) is 14.8. The van der Waals surface area contributed by atoms with Gasteiger partial charge in [0.1, 0.15) is 9.75 Å². The summed E-state index contributed by atoms with van der Waals surface area (Å²) in [5, 5.41) is 1.63. The molecule has 160 valence electrons. The molecule has 0 bridgehead atoms. The minimum atomic E-state index is -3.93. The SMILES string of the molecule is CC1(C(=O)NS(=O)(=O)c2cccs2)CCN1C(=O)Cc1ccc(-c2ccccc2)cc1. The third kappa shape index (κ3) is 4.26. The zero-order valence-electron chi connectivity index (χ0n) is 16.9. The van der Waals surface area contributed by atoms with E-state index in [9.17, 15) is 18.0 Å². The van der Waals surface area contributed by atoms with Crippen molar-refractivity contribution in [2.75, 3.05) is 6.54 Å². The fraction of sp³-hybridized carbons (Fsp3) is 0.217. The molecule has 1 atom stereocenters. The number of amides is 2. The van der Waals surface area contributed by atoms with Crippen LogP contribution in [0.25, 0.3) is 11.1 Å². The molecule has 31 heavy (non-hydrogen) atoms. The molecule has 2 amide bonds. The summed E-state index contributed by atoms with van der Waals surface area (Å²) in [6.45, 7) is 2.02. The number of nitrogens with one attached hydrogen (secondary N) is 1. The predicted molar refractivity (Wildman–Crippen MR) is 120 cm³/mol. The van der Waals surface area contributed by atoms with Crippen LogP contribution in [0.5, 0.6) is 0 Å². The van der Waals surface area contributed by atoms with E-state index in [1.165, 1.54) is 11.0 Å². The van der Waals surface area contributed by atoms with Gasteiger partial charge in [0, 0.05) is 6.54 Å². The van der Waals surface area contributed by atoms with Crippen molar-refractivity contribution in [3.63, 3.8) is 0 Å². The van der Waals surface area contributed by atoms with E-state index in [0.717, 1.165) is 28.0 Å². The summed E-state index contributed by atoms with van der Waals surface area (Å²) < 4.78 is 27.0. The Bertz CT molecular complexity index is 1190. The maximum Gasteiger partial charge on any atom is 0.273 e. The van der Waals surface area contributed by atoms with Crippen molar-refractivity contribution >= 4 is 33.2 Å². The minimum absolute atomic E-state index is 0.0696. The number of hydrogen-bond donors (Lipinski definition) is 1. The van der Waals surface area contributed by atoms with Gasteiger partial charge in [-0.15, -0.1) is 11.3 Å². The van der Waals surface area contributed by atoms with Crippen molar-refractivity contribution in [3.8, 4) is 11.1 Å². The maximum absolute atomic E-state index is 12.9. The number of hydrogen-bond acceptors (Lipinski definition) is 5.